The number of hydrogen-bond donors (Lipinski definition) is 1. The topological polar surface area (TPSA) is 72.7 Å². The van der Waals surface area contributed by atoms with Crippen molar-refractivity contribution in [3.63, 3.8) is 0 Å². The summed E-state index contributed by atoms with van der Waals surface area (Å²) < 4.78 is 1.69. The van der Waals surface area contributed by atoms with E-state index in [0.29, 0.717) is 17.6 Å². The van der Waals surface area contributed by atoms with E-state index in [2.05, 4.69) is 40.8 Å². The van der Waals surface area contributed by atoms with Crippen molar-refractivity contribution < 1.29 is 4.79 Å². The molecular weight excluding hydrogens is 310 g/mol. The summed E-state index contributed by atoms with van der Waals surface area (Å²) in [4.78, 5) is 12.1. The molecule has 0 aliphatic rings. The molecule has 0 aliphatic carbocycles. The van der Waals surface area contributed by atoms with E-state index < -0.39 is 0 Å². The maximum Gasteiger partial charge on any atom is 0.233 e. The van der Waals surface area contributed by atoms with Gasteiger partial charge in [-0.05, 0) is 48.7 Å². The second-order valence-electron chi connectivity index (χ2n) is 6.06. The Hall–Kier alpha value is -1.89. The van der Waals surface area contributed by atoms with Gasteiger partial charge in [-0.15, -0.1) is 5.10 Å². The van der Waals surface area contributed by atoms with Crippen LogP contribution in [0.25, 0.3) is 5.69 Å². The Morgan fingerprint density at radius 2 is 2.04 bits per heavy atom. The summed E-state index contributed by atoms with van der Waals surface area (Å²) in [6.07, 6.45) is 0. The molecule has 1 aromatic carbocycles. The minimum atomic E-state index is -0.260. The SMILES string of the molecule is Cc1ccc(-n2nnnc2S[C@@H](C)C(=O)NCC(C)C)c(C)c1. The summed E-state index contributed by atoms with van der Waals surface area (Å²) in [5, 5.41) is 15.2. The van der Waals surface area contributed by atoms with Crippen molar-refractivity contribution >= 4 is 17.7 Å². The second kappa shape index (κ2) is 7.59. The third-order valence-electron chi connectivity index (χ3n) is 3.36. The fraction of sp³-hybridized carbons (Fsp3) is 0.500. The van der Waals surface area contributed by atoms with Crippen LogP contribution >= 0.6 is 11.8 Å². The Kier molecular flexibility index (Phi) is 5.76. The molecule has 124 valence electrons. The number of carbonyl (C=O) groups excluding carboxylic acids is 1. The summed E-state index contributed by atoms with van der Waals surface area (Å²) >= 11 is 1.36. The molecule has 1 heterocycles. The molecule has 0 fully saturated rings. The van der Waals surface area contributed by atoms with Gasteiger partial charge in [-0.2, -0.15) is 4.68 Å². The van der Waals surface area contributed by atoms with Crippen LogP contribution in [0.15, 0.2) is 23.4 Å². The normalized spacial score (nSPS) is 12.4. The average molecular weight is 333 g/mol. The van der Waals surface area contributed by atoms with Gasteiger partial charge in [-0.1, -0.05) is 43.3 Å². The van der Waals surface area contributed by atoms with Crippen molar-refractivity contribution in [3.05, 3.63) is 29.3 Å². The monoisotopic (exact) mass is 333 g/mol. The van der Waals surface area contributed by atoms with Crippen molar-refractivity contribution in [1.82, 2.24) is 25.5 Å². The van der Waals surface area contributed by atoms with E-state index in [1.54, 1.807) is 4.68 Å². The third kappa shape index (κ3) is 4.54. The standard InChI is InChI=1S/C16H23N5OS/c1-10(2)9-17-15(22)13(5)23-16-18-19-20-21(16)14-7-6-11(3)8-12(14)4/h6-8,10,13H,9H2,1-5H3,(H,17,22)/t13-/m0/s1. The van der Waals surface area contributed by atoms with Gasteiger partial charge in [0.05, 0.1) is 10.9 Å². The molecule has 0 unspecified atom stereocenters. The lowest BCUT2D eigenvalue weighted by molar-refractivity contribution is -0.120. The highest BCUT2D eigenvalue weighted by Crippen LogP contribution is 2.24. The number of nitrogens with zero attached hydrogens (tertiary/aromatic N) is 4. The molecule has 0 aliphatic heterocycles. The van der Waals surface area contributed by atoms with E-state index in [4.69, 9.17) is 0 Å². The van der Waals surface area contributed by atoms with Gasteiger partial charge in [0, 0.05) is 6.54 Å². The predicted octanol–water partition coefficient (Wildman–Crippen LogP) is 2.53. The molecule has 2 rings (SSSR count). The first-order valence-electron chi connectivity index (χ1n) is 7.69. The maximum atomic E-state index is 12.1. The molecule has 0 saturated heterocycles. The number of amides is 1. The van der Waals surface area contributed by atoms with Crippen LogP contribution in [-0.4, -0.2) is 37.9 Å². The minimum Gasteiger partial charge on any atom is -0.355 e. The van der Waals surface area contributed by atoms with Crippen molar-refractivity contribution in [2.24, 2.45) is 5.92 Å². The lowest BCUT2D eigenvalue weighted by Crippen LogP contribution is -2.33. The smallest absolute Gasteiger partial charge is 0.233 e. The van der Waals surface area contributed by atoms with E-state index in [9.17, 15) is 4.79 Å². The summed E-state index contributed by atoms with van der Waals surface area (Å²) in [6, 6.07) is 6.11. The zero-order chi connectivity index (χ0) is 17.0. The van der Waals surface area contributed by atoms with Gasteiger partial charge in [-0.25, -0.2) is 0 Å². The number of aromatic nitrogens is 4. The molecule has 0 radical (unpaired) electrons. The van der Waals surface area contributed by atoms with Crippen LogP contribution in [0.4, 0.5) is 0 Å². The van der Waals surface area contributed by atoms with Crippen molar-refractivity contribution in [3.8, 4) is 5.69 Å². The third-order valence-corrected chi connectivity index (χ3v) is 4.39. The van der Waals surface area contributed by atoms with Gasteiger partial charge in [0.15, 0.2) is 0 Å². The van der Waals surface area contributed by atoms with E-state index in [-0.39, 0.29) is 11.2 Å². The van der Waals surface area contributed by atoms with Gasteiger partial charge in [0.2, 0.25) is 11.1 Å². The number of carbonyl (C=O) groups is 1. The average Bonchev–Trinajstić information content (AvgIpc) is 2.92. The number of benzene rings is 1. The molecule has 1 atom stereocenters. The Morgan fingerprint density at radius 1 is 1.30 bits per heavy atom. The Bertz CT molecular complexity index is 683. The summed E-state index contributed by atoms with van der Waals surface area (Å²) in [5.41, 5.74) is 3.21. The molecule has 0 saturated carbocycles. The van der Waals surface area contributed by atoms with E-state index >= 15 is 0 Å². The first-order chi connectivity index (χ1) is 10.9. The highest BCUT2D eigenvalue weighted by molar-refractivity contribution is 8.00. The zero-order valence-electron chi connectivity index (χ0n) is 14.2. The summed E-state index contributed by atoms with van der Waals surface area (Å²) in [7, 11) is 0. The van der Waals surface area contributed by atoms with Crippen LogP contribution in [-0.2, 0) is 4.79 Å². The lowest BCUT2D eigenvalue weighted by Gasteiger charge is -2.13. The van der Waals surface area contributed by atoms with E-state index in [1.807, 2.05) is 32.9 Å². The maximum absolute atomic E-state index is 12.1. The Balaban J connectivity index is 2.13. The van der Waals surface area contributed by atoms with Crippen LogP contribution in [0, 0.1) is 19.8 Å². The van der Waals surface area contributed by atoms with Crippen molar-refractivity contribution in [2.45, 2.75) is 45.0 Å². The number of aryl methyl sites for hydroxylation is 2. The van der Waals surface area contributed by atoms with Gasteiger partial charge >= 0.3 is 0 Å². The molecule has 23 heavy (non-hydrogen) atoms. The first kappa shape index (κ1) is 17.5. The van der Waals surface area contributed by atoms with Crippen molar-refractivity contribution in [1.29, 1.82) is 0 Å². The Morgan fingerprint density at radius 3 is 2.70 bits per heavy atom. The summed E-state index contributed by atoms with van der Waals surface area (Å²) in [5.74, 6) is 0.426. The molecule has 7 heteroatoms. The second-order valence-corrected chi connectivity index (χ2v) is 7.37. The van der Waals surface area contributed by atoms with Gasteiger partial charge in [0.25, 0.3) is 0 Å². The van der Waals surface area contributed by atoms with E-state index in [0.717, 1.165) is 11.3 Å². The minimum absolute atomic E-state index is 0.00104. The molecule has 0 spiro atoms. The van der Waals surface area contributed by atoms with Gasteiger partial charge in [-0.3, -0.25) is 4.79 Å². The number of hydrogen-bond acceptors (Lipinski definition) is 5. The number of rotatable bonds is 6. The van der Waals surface area contributed by atoms with Crippen LogP contribution in [0.3, 0.4) is 0 Å². The predicted molar refractivity (Wildman–Crippen MR) is 91.8 cm³/mol. The van der Waals surface area contributed by atoms with Crippen LogP contribution < -0.4 is 5.32 Å². The first-order valence-corrected chi connectivity index (χ1v) is 8.56. The quantitative estimate of drug-likeness (QED) is 0.823. The van der Waals surface area contributed by atoms with E-state index in [1.165, 1.54) is 17.3 Å². The summed E-state index contributed by atoms with van der Waals surface area (Å²) in [6.45, 7) is 10.7. The van der Waals surface area contributed by atoms with Gasteiger partial charge in [0.1, 0.15) is 0 Å². The lowest BCUT2D eigenvalue weighted by atomic mass is 10.1. The molecule has 0 bridgehead atoms. The fourth-order valence-electron chi connectivity index (χ4n) is 2.11. The Labute approximate surface area is 141 Å². The van der Waals surface area contributed by atoms with Crippen molar-refractivity contribution in [2.75, 3.05) is 6.54 Å². The molecule has 6 nitrogen and oxygen atoms in total. The highest BCUT2D eigenvalue weighted by Gasteiger charge is 2.19. The molecule has 1 N–H and O–H groups in total. The largest absolute Gasteiger partial charge is 0.355 e. The number of thioether (sulfide) groups is 1. The van der Waals surface area contributed by atoms with Crippen LogP contribution in [0.2, 0.25) is 0 Å². The highest BCUT2D eigenvalue weighted by atomic mass is 32.2. The molecule has 2 aromatic rings. The molecule has 1 amide bonds. The number of tetrazole rings is 1. The molecule has 1 aromatic heterocycles. The van der Waals surface area contributed by atoms with Crippen LogP contribution in [0.1, 0.15) is 31.9 Å². The zero-order valence-corrected chi connectivity index (χ0v) is 15.0. The fourth-order valence-corrected chi connectivity index (χ4v) is 2.93. The number of nitrogens with one attached hydrogen (secondary N) is 1. The van der Waals surface area contributed by atoms with Crippen LogP contribution in [0.5, 0.6) is 0 Å². The molecular formula is C16H23N5OS. The van der Waals surface area contributed by atoms with Gasteiger partial charge < -0.3 is 5.32 Å².